The average molecular weight is 274 g/mol. The van der Waals surface area contributed by atoms with Crippen LogP contribution in [0.1, 0.15) is 28.8 Å². The number of amides is 2. The normalized spacial score (nSPS) is 14.1. The molecule has 0 radical (unpaired) electrons. The fourth-order valence-corrected chi connectivity index (χ4v) is 1.65. The largest absolute Gasteiger partial charge is 0.363 e. The maximum Gasteiger partial charge on any atom is 0.363 e. The second-order valence-electron chi connectivity index (χ2n) is 4.05. The number of carbonyl (C=O) groups excluding carboxylic acids is 3. The van der Waals surface area contributed by atoms with Gasteiger partial charge in [0.2, 0.25) is 0 Å². The van der Waals surface area contributed by atoms with E-state index in [0.29, 0.717) is 5.06 Å². The third kappa shape index (κ3) is 2.93. The molecule has 0 saturated carbocycles. The first-order valence-corrected chi connectivity index (χ1v) is 5.79. The van der Waals surface area contributed by atoms with Crippen LogP contribution >= 0.6 is 0 Å². The zero-order chi connectivity index (χ0) is 14.5. The Balaban J connectivity index is 2.04. The Morgan fingerprint density at radius 2 is 1.85 bits per heavy atom. The van der Waals surface area contributed by atoms with Crippen LogP contribution in [0.3, 0.4) is 0 Å². The molecule has 2 rings (SSSR count). The summed E-state index contributed by atoms with van der Waals surface area (Å²) in [5.41, 5.74) is 9.12. The summed E-state index contributed by atoms with van der Waals surface area (Å²) in [6.45, 7) is 0.176. The summed E-state index contributed by atoms with van der Waals surface area (Å²) in [5, 5.41) is 3.88. The van der Waals surface area contributed by atoms with Gasteiger partial charge in [-0.2, -0.15) is 0 Å². The first-order valence-electron chi connectivity index (χ1n) is 5.79. The van der Waals surface area contributed by atoms with E-state index in [4.69, 9.17) is 10.4 Å². The van der Waals surface area contributed by atoms with Crippen LogP contribution in [0, 0.1) is 0 Å². The highest BCUT2D eigenvalue weighted by Crippen LogP contribution is 2.14. The van der Waals surface area contributed by atoms with E-state index < -0.39 is 17.8 Å². The van der Waals surface area contributed by atoms with Gasteiger partial charge in [-0.05, 0) is 23.2 Å². The quantitative estimate of drug-likeness (QED) is 0.360. The average Bonchev–Trinajstić information content (AvgIpc) is 2.77. The van der Waals surface area contributed by atoms with Gasteiger partial charge in [0.25, 0.3) is 11.8 Å². The molecular formula is C12H10N4O4. The van der Waals surface area contributed by atoms with E-state index in [-0.39, 0.29) is 24.9 Å². The second-order valence-corrected chi connectivity index (χ2v) is 4.05. The first kappa shape index (κ1) is 13.6. The fraction of sp³-hybridized carbons (Fsp3) is 0.250. The molecular weight excluding hydrogens is 264 g/mol. The molecule has 0 spiro atoms. The number of hydrogen-bond donors (Lipinski definition) is 0. The van der Waals surface area contributed by atoms with Crippen LogP contribution in [0.2, 0.25) is 0 Å². The van der Waals surface area contributed by atoms with Gasteiger partial charge in [-0.25, -0.2) is 4.79 Å². The molecule has 0 atom stereocenters. The molecule has 0 N–H and O–H groups in total. The number of hydrogen-bond acceptors (Lipinski definition) is 5. The molecule has 0 aliphatic carbocycles. The lowest BCUT2D eigenvalue weighted by Crippen LogP contribution is -2.32. The van der Waals surface area contributed by atoms with Crippen molar-refractivity contribution in [3.8, 4) is 0 Å². The smallest absolute Gasteiger partial charge is 0.325 e. The van der Waals surface area contributed by atoms with Crippen molar-refractivity contribution < 1.29 is 19.2 Å². The first-order chi connectivity index (χ1) is 9.61. The molecule has 102 valence electrons. The molecule has 0 aromatic heterocycles. The Bertz CT molecular complexity index is 588. The molecule has 0 bridgehead atoms. The number of nitrogens with zero attached hydrogens (tertiary/aromatic N) is 4. The van der Waals surface area contributed by atoms with E-state index in [1.807, 2.05) is 0 Å². The molecule has 1 saturated heterocycles. The van der Waals surface area contributed by atoms with Crippen molar-refractivity contribution in [1.29, 1.82) is 0 Å². The van der Waals surface area contributed by atoms with Crippen molar-refractivity contribution in [3.05, 3.63) is 45.8 Å². The number of imide groups is 1. The summed E-state index contributed by atoms with van der Waals surface area (Å²) < 4.78 is 0. The maximum atomic E-state index is 11.8. The predicted molar refractivity (Wildman–Crippen MR) is 65.8 cm³/mol. The number of hydroxylamine groups is 2. The predicted octanol–water partition coefficient (Wildman–Crippen LogP) is 1.72. The van der Waals surface area contributed by atoms with Crippen molar-refractivity contribution >= 4 is 17.8 Å². The molecule has 1 aromatic carbocycles. The Morgan fingerprint density at radius 1 is 1.25 bits per heavy atom. The van der Waals surface area contributed by atoms with Crippen LogP contribution in [0.25, 0.3) is 10.4 Å². The number of carbonyl (C=O) groups is 3. The van der Waals surface area contributed by atoms with Crippen LogP contribution in [-0.2, 0) is 21.0 Å². The van der Waals surface area contributed by atoms with Crippen molar-refractivity contribution in [2.45, 2.75) is 19.4 Å². The van der Waals surface area contributed by atoms with E-state index in [2.05, 4.69) is 10.0 Å². The third-order valence-electron chi connectivity index (χ3n) is 2.69. The highest BCUT2D eigenvalue weighted by Gasteiger charge is 2.33. The van der Waals surface area contributed by atoms with Crippen LogP contribution in [0.5, 0.6) is 0 Å². The zero-order valence-electron chi connectivity index (χ0n) is 10.4. The van der Waals surface area contributed by atoms with Gasteiger partial charge < -0.3 is 4.84 Å². The van der Waals surface area contributed by atoms with Gasteiger partial charge in [0.05, 0.1) is 12.1 Å². The molecule has 20 heavy (non-hydrogen) atoms. The monoisotopic (exact) mass is 274 g/mol. The number of azide groups is 1. The maximum absolute atomic E-state index is 11.8. The van der Waals surface area contributed by atoms with Crippen molar-refractivity contribution in [2.24, 2.45) is 5.11 Å². The van der Waals surface area contributed by atoms with Crippen molar-refractivity contribution in [1.82, 2.24) is 5.06 Å². The summed E-state index contributed by atoms with van der Waals surface area (Å²) in [4.78, 5) is 41.8. The fourth-order valence-electron chi connectivity index (χ4n) is 1.65. The molecule has 1 aliphatic rings. The SMILES string of the molecule is [N-]=[N+]=NCc1ccc(C(=O)ON2C(=O)CCC2=O)cc1. The third-order valence-corrected chi connectivity index (χ3v) is 2.69. The van der Waals surface area contributed by atoms with Gasteiger partial charge in [-0.3, -0.25) is 9.59 Å². The van der Waals surface area contributed by atoms with Crippen molar-refractivity contribution in [3.63, 3.8) is 0 Å². The molecule has 2 amide bonds. The van der Waals surface area contributed by atoms with Gasteiger partial charge in [0.1, 0.15) is 0 Å². The van der Waals surface area contributed by atoms with Gasteiger partial charge in [0, 0.05) is 17.8 Å². The topological polar surface area (TPSA) is 112 Å². The summed E-state index contributed by atoms with van der Waals surface area (Å²) >= 11 is 0. The summed E-state index contributed by atoms with van der Waals surface area (Å²) in [6.07, 6.45) is 0.106. The van der Waals surface area contributed by atoms with E-state index in [9.17, 15) is 14.4 Å². The Labute approximate surface area is 113 Å². The summed E-state index contributed by atoms with van der Waals surface area (Å²) in [5.74, 6) is -1.84. The standard InChI is InChI=1S/C12H10N4O4/c13-15-14-7-8-1-3-9(4-2-8)12(19)20-16-10(17)5-6-11(16)18/h1-4H,5-7H2. The van der Waals surface area contributed by atoms with Gasteiger partial charge >= 0.3 is 5.97 Å². The second kappa shape index (κ2) is 5.85. The van der Waals surface area contributed by atoms with E-state index in [1.165, 1.54) is 12.1 Å². The molecule has 1 heterocycles. The van der Waals surface area contributed by atoms with Gasteiger partial charge in [0.15, 0.2) is 0 Å². The van der Waals surface area contributed by atoms with Crippen molar-refractivity contribution in [2.75, 3.05) is 0 Å². The van der Waals surface area contributed by atoms with E-state index >= 15 is 0 Å². The van der Waals surface area contributed by atoms with Gasteiger partial charge in [-0.1, -0.05) is 17.2 Å². The number of rotatable bonds is 4. The van der Waals surface area contributed by atoms with Crippen LogP contribution in [0.15, 0.2) is 29.4 Å². The van der Waals surface area contributed by atoms with Gasteiger partial charge in [-0.15, -0.1) is 5.06 Å². The summed E-state index contributed by atoms with van der Waals surface area (Å²) in [6, 6.07) is 6.13. The highest BCUT2D eigenvalue weighted by atomic mass is 16.7. The minimum Gasteiger partial charge on any atom is -0.325 e. The molecule has 8 nitrogen and oxygen atoms in total. The number of benzene rings is 1. The highest BCUT2D eigenvalue weighted by molar-refractivity contribution is 6.02. The molecule has 1 fully saturated rings. The Hall–Kier alpha value is -2.86. The van der Waals surface area contributed by atoms with Crippen LogP contribution in [0.4, 0.5) is 0 Å². The molecule has 0 unspecified atom stereocenters. The van der Waals surface area contributed by atoms with E-state index in [1.54, 1.807) is 12.1 Å². The summed E-state index contributed by atoms with van der Waals surface area (Å²) in [7, 11) is 0. The lowest BCUT2D eigenvalue weighted by molar-refractivity contribution is -0.172. The van der Waals surface area contributed by atoms with E-state index in [0.717, 1.165) is 5.56 Å². The Morgan fingerprint density at radius 3 is 2.40 bits per heavy atom. The Kier molecular flexibility index (Phi) is 3.97. The molecule has 1 aromatic rings. The molecule has 1 aliphatic heterocycles. The van der Waals surface area contributed by atoms with Crippen LogP contribution < -0.4 is 0 Å². The lowest BCUT2D eigenvalue weighted by Gasteiger charge is -2.12. The minimum absolute atomic E-state index is 0.0528. The minimum atomic E-state index is -0.788. The molecule has 8 heteroatoms. The lowest BCUT2D eigenvalue weighted by atomic mass is 10.1. The van der Waals surface area contributed by atoms with Crippen LogP contribution in [-0.4, -0.2) is 22.8 Å². The zero-order valence-corrected chi connectivity index (χ0v) is 10.4.